The third-order valence-corrected chi connectivity index (χ3v) is 2.92. The van der Waals surface area contributed by atoms with Crippen LogP contribution in [0.2, 0.25) is 0 Å². The van der Waals surface area contributed by atoms with Crippen LogP contribution in [-0.2, 0) is 0 Å². The maximum Gasteiger partial charge on any atom is 0.248 e. The molecule has 2 rings (SSSR count). The lowest BCUT2D eigenvalue weighted by Crippen LogP contribution is -2.10. The van der Waals surface area contributed by atoms with Crippen molar-refractivity contribution in [3.63, 3.8) is 0 Å². The van der Waals surface area contributed by atoms with Crippen LogP contribution in [0.3, 0.4) is 0 Å². The maximum atomic E-state index is 11.1. The van der Waals surface area contributed by atoms with E-state index in [1.165, 1.54) is 5.56 Å². The molecule has 0 aliphatic heterocycles. The summed E-state index contributed by atoms with van der Waals surface area (Å²) in [5, 5.41) is 0. The van der Waals surface area contributed by atoms with Crippen LogP contribution in [0.25, 0.3) is 11.3 Å². The van der Waals surface area contributed by atoms with Crippen molar-refractivity contribution in [1.82, 2.24) is 4.98 Å². The molecule has 0 spiro atoms. The van der Waals surface area contributed by atoms with Crippen LogP contribution in [0, 0.1) is 0 Å². The number of nitrogens with two attached hydrogens (primary N) is 1. The molecule has 1 aromatic heterocycles. The van der Waals surface area contributed by atoms with Gasteiger partial charge in [-0.2, -0.15) is 0 Å². The molecule has 0 bridgehead atoms. The standard InChI is InChI=1S/C15H16N2O/c1-10(2)11-3-5-12(6-4-11)14-9-13(15(16)18)7-8-17-14/h3-10H,1-2H3,(H2,16,18). The van der Waals surface area contributed by atoms with E-state index in [9.17, 15) is 4.79 Å². The Kier molecular flexibility index (Phi) is 3.42. The Morgan fingerprint density at radius 2 is 1.83 bits per heavy atom. The lowest BCUT2D eigenvalue weighted by Gasteiger charge is -2.07. The number of rotatable bonds is 3. The summed E-state index contributed by atoms with van der Waals surface area (Å²) in [5.74, 6) is 0.0708. The minimum absolute atomic E-state index is 0.433. The fourth-order valence-electron chi connectivity index (χ4n) is 1.78. The van der Waals surface area contributed by atoms with Crippen molar-refractivity contribution in [3.8, 4) is 11.3 Å². The summed E-state index contributed by atoms with van der Waals surface area (Å²) in [5.41, 5.74) is 8.77. The van der Waals surface area contributed by atoms with Crippen LogP contribution in [0.4, 0.5) is 0 Å². The average Bonchev–Trinajstić information content (AvgIpc) is 2.39. The number of nitrogens with zero attached hydrogens (tertiary/aromatic N) is 1. The molecule has 18 heavy (non-hydrogen) atoms. The second kappa shape index (κ2) is 5.00. The van der Waals surface area contributed by atoms with Crippen LogP contribution < -0.4 is 5.73 Å². The van der Waals surface area contributed by atoms with Crippen LogP contribution >= 0.6 is 0 Å². The summed E-state index contributed by atoms with van der Waals surface area (Å²) in [6.45, 7) is 4.31. The molecule has 1 heterocycles. The number of hydrogen-bond acceptors (Lipinski definition) is 2. The summed E-state index contributed by atoms with van der Waals surface area (Å²) in [6, 6.07) is 11.5. The highest BCUT2D eigenvalue weighted by atomic mass is 16.1. The largest absolute Gasteiger partial charge is 0.366 e. The predicted molar refractivity (Wildman–Crippen MR) is 72.3 cm³/mol. The molecule has 1 amide bonds. The van der Waals surface area contributed by atoms with E-state index in [1.807, 2.05) is 12.1 Å². The van der Waals surface area contributed by atoms with E-state index < -0.39 is 5.91 Å². The first-order valence-electron chi connectivity index (χ1n) is 5.94. The highest BCUT2D eigenvalue weighted by Crippen LogP contribution is 2.21. The number of carbonyl (C=O) groups is 1. The number of hydrogen-bond donors (Lipinski definition) is 1. The van der Waals surface area contributed by atoms with Crippen molar-refractivity contribution in [3.05, 3.63) is 53.7 Å². The zero-order valence-corrected chi connectivity index (χ0v) is 10.6. The van der Waals surface area contributed by atoms with Gasteiger partial charge < -0.3 is 5.73 Å². The maximum absolute atomic E-state index is 11.1. The summed E-state index contributed by atoms with van der Waals surface area (Å²) >= 11 is 0. The van der Waals surface area contributed by atoms with E-state index in [2.05, 4.69) is 31.0 Å². The van der Waals surface area contributed by atoms with Crippen LogP contribution in [0.5, 0.6) is 0 Å². The van der Waals surface area contributed by atoms with Gasteiger partial charge in [0.25, 0.3) is 0 Å². The lowest BCUT2D eigenvalue weighted by molar-refractivity contribution is 0.1000. The van der Waals surface area contributed by atoms with Gasteiger partial charge in [-0.15, -0.1) is 0 Å². The second-order valence-corrected chi connectivity index (χ2v) is 4.57. The van der Waals surface area contributed by atoms with E-state index >= 15 is 0 Å². The fourth-order valence-corrected chi connectivity index (χ4v) is 1.78. The van der Waals surface area contributed by atoms with Crippen molar-refractivity contribution in [2.45, 2.75) is 19.8 Å². The molecule has 3 nitrogen and oxygen atoms in total. The van der Waals surface area contributed by atoms with Gasteiger partial charge in [0.15, 0.2) is 0 Å². The van der Waals surface area contributed by atoms with Crippen molar-refractivity contribution < 1.29 is 4.79 Å². The Morgan fingerprint density at radius 1 is 1.17 bits per heavy atom. The molecule has 0 saturated carbocycles. The molecule has 1 aromatic carbocycles. The van der Waals surface area contributed by atoms with Gasteiger partial charge in [0.1, 0.15) is 0 Å². The Labute approximate surface area is 107 Å². The molecule has 0 aliphatic carbocycles. The number of aromatic nitrogens is 1. The average molecular weight is 240 g/mol. The molecule has 0 unspecified atom stereocenters. The minimum Gasteiger partial charge on any atom is -0.366 e. The van der Waals surface area contributed by atoms with Crippen LogP contribution in [0.15, 0.2) is 42.6 Å². The van der Waals surface area contributed by atoms with E-state index in [-0.39, 0.29) is 0 Å². The summed E-state index contributed by atoms with van der Waals surface area (Å²) in [4.78, 5) is 15.4. The summed E-state index contributed by atoms with van der Waals surface area (Å²) in [7, 11) is 0. The van der Waals surface area contributed by atoms with Crippen LogP contribution in [-0.4, -0.2) is 10.9 Å². The Balaban J connectivity index is 2.36. The number of amides is 1. The monoisotopic (exact) mass is 240 g/mol. The topological polar surface area (TPSA) is 56.0 Å². The van der Waals surface area contributed by atoms with Gasteiger partial charge >= 0.3 is 0 Å². The highest BCUT2D eigenvalue weighted by Gasteiger charge is 2.05. The van der Waals surface area contributed by atoms with Crippen molar-refractivity contribution in [1.29, 1.82) is 0 Å². The van der Waals surface area contributed by atoms with Crippen molar-refractivity contribution in [2.24, 2.45) is 5.73 Å². The Hall–Kier alpha value is -2.16. The second-order valence-electron chi connectivity index (χ2n) is 4.57. The molecule has 0 saturated heterocycles. The van der Waals surface area contributed by atoms with Gasteiger partial charge in [-0.05, 0) is 23.6 Å². The third kappa shape index (κ3) is 2.56. The van der Waals surface area contributed by atoms with Gasteiger partial charge in [-0.1, -0.05) is 38.1 Å². The van der Waals surface area contributed by atoms with Gasteiger partial charge in [0.2, 0.25) is 5.91 Å². The van der Waals surface area contributed by atoms with Gasteiger partial charge in [0, 0.05) is 17.3 Å². The SMILES string of the molecule is CC(C)c1ccc(-c2cc(C(N)=O)ccn2)cc1. The molecule has 2 N–H and O–H groups in total. The summed E-state index contributed by atoms with van der Waals surface area (Å²) in [6.07, 6.45) is 1.60. The van der Waals surface area contributed by atoms with Crippen LogP contribution in [0.1, 0.15) is 35.7 Å². The smallest absolute Gasteiger partial charge is 0.248 e. The zero-order valence-electron chi connectivity index (χ0n) is 10.6. The number of pyridine rings is 1. The summed E-state index contributed by atoms with van der Waals surface area (Å²) < 4.78 is 0. The lowest BCUT2D eigenvalue weighted by atomic mass is 10.0. The molecule has 0 radical (unpaired) electrons. The van der Waals surface area contributed by atoms with Gasteiger partial charge in [-0.25, -0.2) is 0 Å². The number of primary amides is 1. The molecular weight excluding hydrogens is 224 g/mol. The first kappa shape index (κ1) is 12.3. The fraction of sp³-hybridized carbons (Fsp3) is 0.200. The van der Waals surface area contributed by atoms with E-state index in [0.717, 1.165) is 11.3 Å². The predicted octanol–water partition coefficient (Wildman–Crippen LogP) is 2.97. The van der Waals surface area contributed by atoms with E-state index in [1.54, 1.807) is 18.3 Å². The van der Waals surface area contributed by atoms with Gasteiger partial charge in [0.05, 0.1) is 5.69 Å². The Bertz CT molecular complexity index is 559. The first-order valence-corrected chi connectivity index (χ1v) is 5.94. The molecular formula is C15H16N2O. The number of benzene rings is 1. The third-order valence-electron chi connectivity index (χ3n) is 2.92. The van der Waals surface area contributed by atoms with Crippen molar-refractivity contribution >= 4 is 5.91 Å². The molecule has 3 heteroatoms. The number of carbonyl (C=O) groups excluding carboxylic acids is 1. The van der Waals surface area contributed by atoms with E-state index in [0.29, 0.717) is 11.5 Å². The Morgan fingerprint density at radius 3 is 2.39 bits per heavy atom. The quantitative estimate of drug-likeness (QED) is 0.896. The minimum atomic E-state index is -0.433. The highest BCUT2D eigenvalue weighted by molar-refractivity contribution is 5.93. The molecule has 2 aromatic rings. The molecule has 0 aliphatic rings. The zero-order chi connectivity index (χ0) is 13.1. The molecule has 92 valence electrons. The van der Waals surface area contributed by atoms with E-state index in [4.69, 9.17) is 5.73 Å². The van der Waals surface area contributed by atoms with Gasteiger partial charge in [-0.3, -0.25) is 9.78 Å². The first-order chi connectivity index (χ1) is 8.58. The molecule has 0 atom stereocenters. The normalized spacial score (nSPS) is 10.6. The molecule has 0 fully saturated rings. The van der Waals surface area contributed by atoms with Crippen molar-refractivity contribution in [2.75, 3.05) is 0 Å².